The van der Waals surface area contributed by atoms with Gasteiger partial charge in [-0.05, 0) is 51.2 Å². The second kappa shape index (κ2) is 7.64. The molecule has 0 unspecified atom stereocenters. The number of rotatable bonds is 4. The van der Waals surface area contributed by atoms with Gasteiger partial charge in [0.15, 0.2) is 0 Å². The zero-order valence-electron chi connectivity index (χ0n) is 16.8. The number of carbonyl (C=O) groups excluding carboxylic acids is 1. The normalized spacial score (nSPS) is 15.8. The summed E-state index contributed by atoms with van der Waals surface area (Å²) in [7, 11) is 5.15. The minimum atomic E-state index is -0.397. The Labute approximate surface area is 171 Å². The fourth-order valence-corrected chi connectivity index (χ4v) is 4.91. The second-order valence-electron chi connectivity index (χ2n) is 7.58. The van der Waals surface area contributed by atoms with Crippen LogP contribution in [0.15, 0.2) is 38.5 Å². The molecule has 3 aromatic rings. The van der Waals surface area contributed by atoms with Crippen molar-refractivity contribution in [3.8, 4) is 0 Å². The van der Waals surface area contributed by atoms with Gasteiger partial charge in [-0.2, -0.15) is 0 Å². The molecule has 154 valence electrons. The van der Waals surface area contributed by atoms with Gasteiger partial charge in [-0.1, -0.05) is 0 Å². The first-order chi connectivity index (χ1) is 13.9. The van der Waals surface area contributed by atoms with Gasteiger partial charge >= 0.3 is 5.69 Å². The van der Waals surface area contributed by atoms with E-state index in [2.05, 4.69) is 11.9 Å². The fraction of sp³-hybridized carbons (Fsp3) is 0.450. The van der Waals surface area contributed by atoms with Gasteiger partial charge in [0.1, 0.15) is 10.6 Å². The van der Waals surface area contributed by atoms with Crippen LogP contribution in [0.1, 0.15) is 28.3 Å². The van der Waals surface area contributed by atoms with Gasteiger partial charge in [-0.3, -0.25) is 18.7 Å². The molecule has 1 aliphatic rings. The summed E-state index contributed by atoms with van der Waals surface area (Å²) < 4.78 is 7.98. The van der Waals surface area contributed by atoms with Crippen LogP contribution in [0.25, 0.3) is 10.2 Å². The highest BCUT2D eigenvalue weighted by Gasteiger charge is 2.30. The van der Waals surface area contributed by atoms with Gasteiger partial charge in [0.25, 0.3) is 11.5 Å². The fourth-order valence-electron chi connectivity index (χ4n) is 3.85. The molecule has 0 radical (unpaired) electrons. The molecular formula is C20H24N4O4S. The molecule has 4 rings (SSSR count). The third-order valence-electron chi connectivity index (χ3n) is 5.63. The lowest BCUT2D eigenvalue weighted by Gasteiger charge is -2.36. The van der Waals surface area contributed by atoms with Gasteiger partial charge in [-0.25, -0.2) is 4.79 Å². The van der Waals surface area contributed by atoms with E-state index in [1.165, 1.54) is 23.0 Å². The molecule has 0 N–H and O–H groups in total. The average Bonchev–Trinajstić information content (AvgIpc) is 3.39. The van der Waals surface area contributed by atoms with Gasteiger partial charge < -0.3 is 14.2 Å². The molecule has 4 heterocycles. The van der Waals surface area contributed by atoms with Crippen molar-refractivity contribution in [2.75, 3.05) is 20.1 Å². The summed E-state index contributed by atoms with van der Waals surface area (Å²) in [5.41, 5.74) is -0.776. The Hall–Kier alpha value is -2.65. The lowest BCUT2D eigenvalue weighted by Crippen LogP contribution is -2.46. The SMILES string of the molecule is CN1CCC(N(Cc2ccco2)C(=O)c2cc3c(=O)n(C)c(=O)n(C)c3s2)CC1. The predicted octanol–water partition coefficient (Wildman–Crippen LogP) is 1.63. The Morgan fingerprint density at radius 3 is 2.59 bits per heavy atom. The van der Waals surface area contributed by atoms with Crippen molar-refractivity contribution in [2.45, 2.75) is 25.4 Å². The van der Waals surface area contributed by atoms with Crippen molar-refractivity contribution >= 4 is 27.5 Å². The van der Waals surface area contributed by atoms with Gasteiger partial charge in [-0.15, -0.1) is 11.3 Å². The Morgan fingerprint density at radius 2 is 1.93 bits per heavy atom. The zero-order valence-corrected chi connectivity index (χ0v) is 17.6. The van der Waals surface area contributed by atoms with Gasteiger partial charge in [0, 0.05) is 20.1 Å². The molecule has 0 saturated carbocycles. The highest BCUT2D eigenvalue weighted by Crippen LogP contribution is 2.27. The van der Waals surface area contributed by atoms with Gasteiger partial charge in [0.2, 0.25) is 0 Å². The number of aryl methyl sites for hydroxylation is 1. The molecule has 1 amide bonds. The average molecular weight is 417 g/mol. The molecule has 9 heteroatoms. The van der Waals surface area contributed by atoms with Crippen LogP contribution < -0.4 is 11.2 Å². The number of hydrogen-bond acceptors (Lipinski definition) is 6. The second-order valence-corrected chi connectivity index (χ2v) is 8.61. The van der Waals surface area contributed by atoms with E-state index in [0.717, 1.165) is 36.3 Å². The Balaban J connectivity index is 1.74. The molecule has 0 bridgehead atoms. The van der Waals surface area contributed by atoms with E-state index in [1.54, 1.807) is 19.4 Å². The first-order valence-corrected chi connectivity index (χ1v) is 10.4. The summed E-state index contributed by atoms with van der Waals surface area (Å²) in [6, 6.07) is 5.39. The van der Waals surface area contributed by atoms with E-state index in [4.69, 9.17) is 4.42 Å². The zero-order chi connectivity index (χ0) is 20.7. The van der Waals surface area contributed by atoms with Crippen LogP contribution in [-0.2, 0) is 20.6 Å². The molecule has 0 aromatic carbocycles. The van der Waals surface area contributed by atoms with Crippen molar-refractivity contribution in [3.05, 3.63) is 55.9 Å². The summed E-state index contributed by atoms with van der Waals surface area (Å²) in [5.74, 6) is 0.591. The quantitative estimate of drug-likeness (QED) is 0.646. The molecule has 0 aliphatic carbocycles. The number of amides is 1. The van der Waals surface area contributed by atoms with E-state index in [0.29, 0.717) is 21.6 Å². The van der Waals surface area contributed by atoms with Crippen molar-refractivity contribution in [1.29, 1.82) is 0 Å². The molecule has 1 aliphatic heterocycles. The van der Waals surface area contributed by atoms with Crippen LogP contribution in [0.4, 0.5) is 0 Å². The summed E-state index contributed by atoms with van der Waals surface area (Å²) in [6.07, 6.45) is 3.37. The standard InChI is InChI=1S/C20H24N4O4S/c1-21-8-6-13(7-9-21)24(12-14-5-4-10-28-14)18(26)16-11-15-17(25)22(2)20(27)23(3)19(15)29-16/h4-5,10-11,13H,6-9,12H2,1-3H3. The minimum Gasteiger partial charge on any atom is -0.467 e. The Morgan fingerprint density at radius 1 is 1.21 bits per heavy atom. The topological polar surface area (TPSA) is 80.7 Å². The van der Waals surface area contributed by atoms with E-state index in [9.17, 15) is 14.4 Å². The van der Waals surface area contributed by atoms with Crippen molar-refractivity contribution in [3.63, 3.8) is 0 Å². The summed E-state index contributed by atoms with van der Waals surface area (Å²) in [5, 5.41) is 0.393. The van der Waals surface area contributed by atoms with Crippen molar-refractivity contribution in [1.82, 2.24) is 18.9 Å². The van der Waals surface area contributed by atoms with Crippen LogP contribution in [-0.4, -0.2) is 51.0 Å². The van der Waals surface area contributed by atoms with E-state index in [1.807, 2.05) is 17.0 Å². The number of piperidine rings is 1. The van der Waals surface area contributed by atoms with Gasteiger partial charge in [0.05, 0.1) is 23.1 Å². The Kier molecular flexibility index (Phi) is 5.18. The summed E-state index contributed by atoms with van der Waals surface area (Å²) in [6.45, 7) is 2.23. The first-order valence-electron chi connectivity index (χ1n) is 9.58. The lowest BCUT2D eigenvalue weighted by molar-refractivity contribution is 0.0555. The number of hydrogen-bond donors (Lipinski definition) is 0. The summed E-state index contributed by atoms with van der Waals surface area (Å²) >= 11 is 1.19. The largest absolute Gasteiger partial charge is 0.467 e. The Bertz CT molecular complexity index is 1150. The molecule has 1 saturated heterocycles. The molecule has 0 spiro atoms. The van der Waals surface area contributed by atoms with Crippen LogP contribution in [0, 0.1) is 0 Å². The monoisotopic (exact) mass is 416 g/mol. The third kappa shape index (κ3) is 3.56. The maximum atomic E-state index is 13.5. The molecular weight excluding hydrogens is 392 g/mol. The number of nitrogens with zero attached hydrogens (tertiary/aromatic N) is 4. The third-order valence-corrected chi connectivity index (χ3v) is 6.83. The predicted molar refractivity (Wildman–Crippen MR) is 111 cm³/mol. The number of fused-ring (bicyclic) bond motifs is 1. The van der Waals surface area contributed by atoms with Crippen molar-refractivity contribution in [2.24, 2.45) is 14.1 Å². The number of carbonyl (C=O) groups is 1. The van der Waals surface area contributed by atoms with Crippen LogP contribution >= 0.6 is 11.3 Å². The highest BCUT2D eigenvalue weighted by molar-refractivity contribution is 7.20. The van der Waals surface area contributed by atoms with Crippen LogP contribution in [0.5, 0.6) is 0 Å². The first kappa shape index (κ1) is 19.7. The van der Waals surface area contributed by atoms with E-state index < -0.39 is 5.69 Å². The lowest BCUT2D eigenvalue weighted by atomic mass is 10.0. The maximum absolute atomic E-state index is 13.5. The van der Waals surface area contributed by atoms with Crippen molar-refractivity contribution < 1.29 is 9.21 Å². The molecule has 0 atom stereocenters. The summed E-state index contributed by atoms with van der Waals surface area (Å²) in [4.78, 5) is 43.3. The molecule has 29 heavy (non-hydrogen) atoms. The van der Waals surface area contributed by atoms with Crippen LogP contribution in [0.2, 0.25) is 0 Å². The van der Waals surface area contributed by atoms with E-state index in [-0.39, 0.29) is 17.5 Å². The highest BCUT2D eigenvalue weighted by atomic mass is 32.1. The number of aromatic nitrogens is 2. The molecule has 1 fully saturated rings. The van der Waals surface area contributed by atoms with E-state index >= 15 is 0 Å². The van der Waals surface area contributed by atoms with Crippen LogP contribution in [0.3, 0.4) is 0 Å². The molecule has 8 nitrogen and oxygen atoms in total. The maximum Gasteiger partial charge on any atom is 0.331 e. The number of likely N-dealkylation sites (tertiary alicyclic amines) is 1. The molecule has 3 aromatic heterocycles. The number of furan rings is 1. The number of thiophene rings is 1. The minimum absolute atomic E-state index is 0.0978. The smallest absolute Gasteiger partial charge is 0.331 e.